The lowest BCUT2D eigenvalue weighted by Crippen LogP contribution is -2.31. The molecule has 2 heterocycles. The van der Waals surface area contributed by atoms with Gasteiger partial charge in [-0.25, -0.2) is 9.78 Å². The molecule has 29 heavy (non-hydrogen) atoms. The number of nitrogens with zero attached hydrogens (tertiary/aromatic N) is 3. The number of aromatic amines is 1. The molecule has 0 unspecified atom stereocenters. The molecule has 0 radical (unpaired) electrons. The molecule has 3 aromatic rings. The van der Waals surface area contributed by atoms with Gasteiger partial charge in [-0.3, -0.25) is 15.1 Å². The van der Waals surface area contributed by atoms with Gasteiger partial charge in [-0.2, -0.15) is 9.78 Å². The van der Waals surface area contributed by atoms with Crippen molar-refractivity contribution in [2.45, 2.75) is 40.0 Å². The molecule has 0 aliphatic heterocycles. The third-order valence-electron chi connectivity index (χ3n) is 4.61. The van der Waals surface area contributed by atoms with E-state index in [1.54, 1.807) is 13.0 Å². The Bertz CT molecular complexity index is 1040. The molecule has 3 N–H and O–H groups in total. The number of hydrogen-bond acceptors (Lipinski definition) is 4. The van der Waals surface area contributed by atoms with Crippen molar-refractivity contribution < 1.29 is 4.79 Å². The molecular formula is C21H26N6O2. The van der Waals surface area contributed by atoms with Crippen LogP contribution in [0.3, 0.4) is 0 Å². The number of urea groups is 1. The van der Waals surface area contributed by atoms with Crippen LogP contribution in [0.2, 0.25) is 0 Å². The number of H-pyrrole nitrogens is 1. The maximum Gasteiger partial charge on any atom is 0.320 e. The highest BCUT2D eigenvalue weighted by atomic mass is 16.2. The summed E-state index contributed by atoms with van der Waals surface area (Å²) in [4.78, 5) is 31.7. The van der Waals surface area contributed by atoms with Crippen LogP contribution in [-0.4, -0.2) is 32.3 Å². The van der Waals surface area contributed by atoms with Crippen LogP contribution in [-0.2, 0) is 12.8 Å². The Morgan fingerprint density at radius 1 is 1.21 bits per heavy atom. The minimum atomic E-state index is -0.330. The van der Waals surface area contributed by atoms with Gasteiger partial charge in [0, 0.05) is 23.9 Å². The second-order valence-corrected chi connectivity index (χ2v) is 6.86. The lowest BCUT2D eigenvalue weighted by atomic mass is 10.1. The molecule has 8 heteroatoms. The van der Waals surface area contributed by atoms with Crippen molar-refractivity contribution in [2.24, 2.45) is 0 Å². The van der Waals surface area contributed by atoms with Gasteiger partial charge in [0.2, 0.25) is 5.95 Å². The molecule has 0 bridgehead atoms. The minimum absolute atomic E-state index is 0.195. The van der Waals surface area contributed by atoms with E-state index in [-0.39, 0.29) is 17.5 Å². The van der Waals surface area contributed by atoms with E-state index in [1.807, 2.05) is 32.0 Å². The maximum absolute atomic E-state index is 12.3. The third-order valence-corrected chi connectivity index (χ3v) is 4.61. The molecule has 8 nitrogen and oxygen atoms in total. The van der Waals surface area contributed by atoms with Crippen LogP contribution >= 0.6 is 0 Å². The van der Waals surface area contributed by atoms with Crippen LogP contribution in [0.4, 0.5) is 10.6 Å². The summed E-state index contributed by atoms with van der Waals surface area (Å²) < 4.78 is 1.44. The number of benzene rings is 1. The first-order valence-electron chi connectivity index (χ1n) is 9.73. The number of rotatable bonds is 7. The second-order valence-electron chi connectivity index (χ2n) is 6.86. The normalized spacial score (nSPS) is 10.7. The molecule has 0 spiro atoms. The molecule has 0 aliphatic rings. The summed E-state index contributed by atoms with van der Waals surface area (Å²) in [6.07, 6.45) is 2.33. The van der Waals surface area contributed by atoms with Crippen molar-refractivity contribution in [3.05, 3.63) is 69.3 Å². The van der Waals surface area contributed by atoms with Crippen LogP contribution in [0.25, 0.3) is 5.95 Å². The standard InChI is InChI=1S/C21H26N6O2/c1-4-17-15(3)23-20(25-19(17)28)27-18(13-14(2)26-27)24-21(29)22-12-8-11-16-9-6-5-7-10-16/h5-7,9-10,13H,4,8,11-12H2,1-3H3,(H2,22,24,29)(H,23,25,28). The van der Waals surface area contributed by atoms with Crippen molar-refractivity contribution in [2.75, 3.05) is 11.9 Å². The van der Waals surface area contributed by atoms with Gasteiger partial charge in [0.05, 0.1) is 5.69 Å². The van der Waals surface area contributed by atoms with Gasteiger partial charge in [0.1, 0.15) is 5.82 Å². The minimum Gasteiger partial charge on any atom is -0.338 e. The zero-order chi connectivity index (χ0) is 20.8. The fourth-order valence-corrected chi connectivity index (χ4v) is 3.16. The van der Waals surface area contributed by atoms with Crippen LogP contribution in [0, 0.1) is 13.8 Å². The zero-order valence-electron chi connectivity index (χ0n) is 17.0. The van der Waals surface area contributed by atoms with Gasteiger partial charge >= 0.3 is 6.03 Å². The first-order valence-corrected chi connectivity index (χ1v) is 9.73. The average molecular weight is 394 g/mol. The molecule has 2 amide bonds. The highest BCUT2D eigenvalue weighted by molar-refractivity contribution is 5.88. The van der Waals surface area contributed by atoms with Gasteiger partial charge in [-0.1, -0.05) is 37.3 Å². The summed E-state index contributed by atoms with van der Waals surface area (Å²) >= 11 is 0. The van der Waals surface area contributed by atoms with E-state index in [2.05, 4.69) is 37.8 Å². The topological polar surface area (TPSA) is 105 Å². The van der Waals surface area contributed by atoms with E-state index in [1.165, 1.54) is 10.2 Å². The molecule has 1 aromatic carbocycles. The number of nitrogens with one attached hydrogen (secondary N) is 3. The van der Waals surface area contributed by atoms with E-state index in [9.17, 15) is 9.59 Å². The molecule has 0 atom stereocenters. The Kier molecular flexibility index (Phi) is 6.43. The molecule has 152 valence electrons. The number of amides is 2. The summed E-state index contributed by atoms with van der Waals surface area (Å²) in [7, 11) is 0. The Morgan fingerprint density at radius 2 is 1.97 bits per heavy atom. The Hall–Kier alpha value is -3.42. The summed E-state index contributed by atoms with van der Waals surface area (Å²) in [5.41, 5.74) is 3.03. The van der Waals surface area contributed by atoms with Crippen molar-refractivity contribution in [1.82, 2.24) is 25.1 Å². The summed E-state index contributed by atoms with van der Waals surface area (Å²) in [6, 6.07) is 11.5. The van der Waals surface area contributed by atoms with Gasteiger partial charge in [0.15, 0.2) is 0 Å². The van der Waals surface area contributed by atoms with Gasteiger partial charge < -0.3 is 5.32 Å². The number of anilines is 1. The summed E-state index contributed by atoms with van der Waals surface area (Å²) in [5.74, 6) is 0.715. The lowest BCUT2D eigenvalue weighted by molar-refractivity contribution is 0.252. The molecular weight excluding hydrogens is 368 g/mol. The maximum atomic E-state index is 12.3. The highest BCUT2D eigenvalue weighted by Gasteiger charge is 2.14. The molecule has 0 fully saturated rings. The first kappa shape index (κ1) is 20.3. The molecule has 0 aliphatic carbocycles. The number of aromatic nitrogens is 4. The van der Waals surface area contributed by atoms with E-state index in [0.717, 1.165) is 12.8 Å². The fraction of sp³-hybridized carbons (Fsp3) is 0.333. The Balaban J connectivity index is 1.65. The monoisotopic (exact) mass is 394 g/mol. The molecule has 2 aromatic heterocycles. The number of carbonyl (C=O) groups is 1. The zero-order valence-corrected chi connectivity index (χ0v) is 17.0. The quantitative estimate of drug-likeness (QED) is 0.536. The molecule has 0 saturated heterocycles. The SMILES string of the molecule is CCc1c(C)nc(-n2nc(C)cc2NC(=O)NCCCc2ccccc2)[nH]c1=O. The van der Waals surface area contributed by atoms with Crippen LogP contribution < -0.4 is 16.2 Å². The smallest absolute Gasteiger partial charge is 0.320 e. The number of carbonyl (C=O) groups excluding carboxylic acids is 1. The number of aryl methyl sites for hydroxylation is 3. The van der Waals surface area contributed by atoms with E-state index in [4.69, 9.17) is 0 Å². The third kappa shape index (κ3) is 5.10. The van der Waals surface area contributed by atoms with E-state index in [0.29, 0.717) is 35.7 Å². The molecule has 3 rings (SSSR count). The van der Waals surface area contributed by atoms with Crippen LogP contribution in [0.1, 0.15) is 35.9 Å². The number of hydrogen-bond donors (Lipinski definition) is 3. The largest absolute Gasteiger partial charge is 0.338 e. The molecule has 0 saturated carbocycles. The Morgan fingerprint density at radius 3 is 2.66 bits per heavy atom. The van der Waals surface area contributed by atoms with Crippen molar-refractivity contribution in [3.63, 3.8) is 0 Å². The van der Waals surface area contributed by atoms with Crippen molar-refractivity contribution in [1.29, 1.82) is 0 Å². The van der Waals surface area contributed by atoms with Crippen molar-refractivity contribution in [3.8, 4) is 5.95 Å². The van der Waals surface area contributed by atoms with Gasteiger partial charge in [-0.05, 0) is 38.7 Å². The predicted octanol–water partition coefficient (Wildman–Crippen LogP) is 2.89. The summed E-state index contributed by atoms with van der Waals surface area (Å²) in [6.45, 7) is 6.06. The van der Waals surface area contributed by atoms with E-state index < -0.39 is 0 Å². The average Bonchev–Trinajstić information content (AvgIpc) is 3.06. The second kappa shape index (κ2) is 9.18. The van der Waals surface area contributed by atoms with E-state index >= 15 is 0 Å². The van der Waals surface area contributed by atoms with Crippen LogP contribution in [0.15, 0.2) is 41.2 Å². The fourth-order valence-electron chi connectivity index (χ4n) is 3.16. The van der Waals surface area contributed by atoms with Crippen molar-refractivity contribution >= 4 is 11.8 Å². The summed E-state index contributed by atoms with van der Waals surface area (Å²) in [5, 5.41) is 9.98. The van der Waals surface area contributed by atoms with Gasteiger partial charge in [0.25, 0.3) is 5.56 Å². The Labute approximate surface area is 169 Å². The van der Waals surface area contributed by atoms with Gasteiger partial charge in [-0.15, -0.1) is 0 Å². The highest BCUT2D eigenvalue weighted by Crippen LogP contribution is 2.14. The predicted molar refractivity (Wildman–Crippen MR) is 113 cm³/mol. The first-order chi connectivity index (χ1) is 14.0. The lowest BCUT2D eigenvalue weighted by Gasteiger charge is -2.10. The van der Waals surface area contributed by atoms with Crippen LogP contribution in [0.5, 0.6) is 0 Å².